The summed E-state index contributed by atoms with van der Waals surface area (Å²) in [6.07, 6.45) is 1.33. The van der Waals surface area contributed by atoms with Gasteiger partial charge >= 0.3 is 10.1 Å². The minimum absolute atomic E-state index is 0.399. The lowest BCUT2D eigenvalue weighted by molar-refractivity contribution is -0.431. The van der Waals surface area contributed by atoms with Crippen LogP contribution in [-0.4, -0.2) is 22.8 Å². The third-order valence-electron chi connectivity index (χ3n) is 1.58. The van der Waals surface area contributed by atoms with E-state index in [4.69, 9.17) is 4.55 Å². The van der Waals surface area contributed by atoms with E-state index in [9.17, 15) is 28.6 Å². The first-order chi connectivity index (χ1) is 7.61. The molecule has 0 aromatic heterocycles. The molecule has 0 spiro atoms. The molecule has 0 atom stereocenters. The van der Waals surface area contributed by atoms with Crippen LogP contribution in [0.25, 0.3) is 0 Å². The van der Waals surface area contributed by atoms with Gasteiger partial charge in [0.1, 0.15) is 0 Å². The van der Waals surface area contributed by atoms with Crippen LogP contribution >= 0.6 is 0 Å². The first-order valence-electron chi connectivity index (χ1n) is 3.94. The van der Waals surface area contributed by atoms with E-state index in [1.807, 2.05) is 0 Å². The fourth-order valence-corrected chi connectivity index (χ4v) is 1.15. The predicted molar refractivity (Wildman–Crippen MR) is 56.5 cm³/mol. The number of allylic oxidation sites excluding steroid dienone is 2. The molecule has 0 radical (unpaired) electrons. The molecule has 1 N–H and O–H groups in total. The van der Waals surface area contributed by atoms with E-state index in [0.29, 0.717) is 6.08 Å². The molecule has 0 heterocycles. The minimum Gasteiger partial charge on any atom is -0.282 e. The van der Waals surface area contributed by atoms with E-state index in [1.165, 1.54) is 6.92 Å². The zero-order valence-electron chi connectivity index (χ0n) is 8.56. The summed E-state index contributed by atoms with van der Waals surface area (Å²) in [5, 5.41) is 20.9. The molecule has 0 saturated carbocycles. The molecule has 9 nitrogen and oxygen atoms in total. The summed E-state index contributed by atoms with van der Waals surface area (Å²) in [6, 6.07) is 0. The number of nitro groups is 2. The van der Waals surface area contributed by atoms with Gasteiger partial charge in [0.2, 0.25) is 0 Å². The van der Waals surface area contributed by atoms with Crippen LogP contribution < -0.4 is 0 Å². The van der Waals surface area contributed by atoms with Gasteiger partial charge in [0.05, 0.1) is 15.9 Å². The second kappa shape index (κ2) is 5.32. The summed E-state index contributed by atoms with van der Waals surface area (Å²) in [7, 11) is -4.88. The fraction of sp³-hybridized carbons (Fsp3) is 0.143. The molecule has 0 aromatic carbocycles. The Bertz CT molecular complexity index is 528. The molecule has 0 unspecified atom stereocenters. The van der Waals surface area contributed by atoms with Crippen molar-refractivity contribution >= 4 is 10.1 Å². The maximum absolute atomic E-state index is 10.6. The Balaban J connectivity index is 5.73. The highest BCUT2D eigenvalue weighted by molar-refractivity contribution is 7.90. The molecule has 0 bridgehead atoms. The van der Waals surface area contributed by atoms with Crippen LogP contribution in [0.2, 0.25) is 0 Å². The lowest BCUT2D eigenvalue weighted by Gasteiger charge is -1.98. The van der Waals surface area contributed by atoms with Crippen LogP contribution in [0.3, 0.4) is 0 Å². The van der Waals surface area contributed by atoms with Crippen LogP contribution in [0, 0.1) is 20.2 Å². The third kappa shape index (κ3) is 4.12. The van der Waals surface area contributed by atoms with Gasteiger partial charge in [-0.1, -0.05) is 6.58 Å². The average molecular weight is 264 g/mol. The Labute approximate surface area is 95.8 Å². The standard InChI is InChI=1S/C7H8N2O7S/c1-3-6(8(10)11)4-7(9(12)13)5(2)17(14,15)16/h3-4H,2H2,1H3,(H,14,15,16)/b6-3+,7-4+. The number of hydrogen-bond donors (Lipinski definition) is 1. The SMILES string of the molecule is C=C(/C(=C\C(=C/C)[N+](=O)[O-])[N+](=O)[O-])S(=O)(=O)O. The van der Waals surface area contributed by atoms with Crippen molar-refractivity contribution in [1.82, 2.24) is 0 Å². The minimum atomic E-state index is -4.88. The Morgan fingerprint density at radius 3 is 2.00 bits per heavy atom. The second-order valence-corrected chi connectivity index (χ2v) is 4.10. The van der Waals surface area contributed by atoms with Gasteiger partial charge in [0.25, 0.3) is 11.4 Å². The van der Waals surface area contributed by atoms with Crippen molar-refractivity contribution in [2.75, 3.05) is 0 Å². The van der Waals surface area contributed by atoms with E-state index < -0.39 is 36.3 Å². The van der Waals surface area contributed by atoms with Gasteiger partial charge in [-0.15, -0.1) is 0 Å². The highest BCUT2D eigenvalue weighted by Gasteiger charge is 2.28. The fourth-order valence-electron chi connectivity index (χ4n) is 0.749. The Hall–Kier alpha value is -2.07. The topological polar surface area (TPSA) is 141 Å². The molecule has 17 heavy (non-hydrogen) atoms. The number of rotatable bonds is 5. The molecule has 0 fully saturated rings. The van der Waals surface area contributed by atoms with Gasteiger partial charge in [-0.05, 0) is 13.0 Å². The molecule has 0 aromatic rings. The van der Waals surface area contributed by atoms with Gasteiger partial charge in [-0.25, -0.2) is 0 Å². The average Bonchev–Trinajstić information content (AvgIpc) is 2.15. The zero-order chi connectivity index (χ0) is 13.8. The summed E-state index contributed by atoms with van der Waals surface area (Å²) in [4.78, 5) is 17.5. The molecule has 94 valence electrons. The van der Waals surface area contributed by atoms with E-state index >= 15 is 0 Å². The largest absolute Gasteiger partial charge is 0.300 e. The van der Waals surface area contributed by atoms with Crippen molar-refractivity contribution in [1.29, 1.82) is 0 Å². The molecule has 0 aliphatic rings. The summed E-state index contributed by atoms with van der Waals surface area (Å²) < 4.78 is 29.8. The Kier molecular flexibility index (Phi) is 4.67. The van der Waals surface area contributed by atoms with Crippen molar-refractivity contribution in [2.24, 2.45) is 0 Å². The lowest BCUT2D eigenvalue weighted by atomic mass is 10.3. The van der Waals surface area contributed by atoms with E-state index in [-0.39, 0.29) is 0 Å². The van der Waals surface area contributed by atoms with Crippen molar-refractivity contribution in [3.8, 4) is 0 Å². The maximum atomic E-state index is 10.6. The first kappa shape index (κ1) is 14.9. The van der Waals surface area contributed by atoms with Crippen molar-refractivity contribution in [3.05, 3.63) is 55.3 Å². The smallest absolute Gasteiger partial charge is 0.282 e. The van der Waals surface area contributed by atoms with E-state index in [0.717, 1.165) is 6.08 Å². The quantitative estimate of drug-likeness (QED) is 0.334. The molecule has 0 amide bonds. The number of hydrogen-bond acceptors (Lipinski definition) is 6. The Morgan fingerprint density at radius 2 is 1.76 bits per heavy atom. The van der Waals surface area contributed by atoms with Gasteiger partial charge in [0.15, 0.2) is 4.91 Å². The maximum Gasteiger partial charge on any atom is 0.300 e. The lowest BCUT2D eigenvalue weighted by Crippen LogP contribution is -2.11. The molecule has 0 saturated heterocycles. The van der Waals surface area contributed by atoms with Crippen LogP contribution in [0.15, 0.2) is 35.0 Å². The highest BCUT2D eigenvalue weighted by atomic mass is 32.2. The molecule has 0 aliphatic heterocycles. The van der Waals surface area contributed by atoms with Crippen molar-refractivity contribution < 1.29 is 22.8 Å². The first-order valence-corrected chi connectivity index (χ1v) is 5.38. The van der Waals surface area contributed by atoms with Gasteiger partial charge in [-0.3, -0.25) is 24.8 Å². The zero-order valence-corrected chi connectivity index (χ0v) is 9.38. The molecule has 10 heteroatoms. The van der Waals surface area contributed by atoms with Crippen LogP contribution in [0.1, 0.15) is 6.92 Å². The van der Waals surface area contributed by atoms with Crippen LogP contribution in [0.5, 0.6) is 0 Å². The van der Waals surface area contributed by atoms with E-state index in [2.05, 4.69) is 6.58 Å². The monoisotopic (exact) mass is 264 g/mol. The van der Waals surface area contributed by atoms with E-state index in [1.54, 1.807) is 0 Å². The van der Waals surface area contributed by atoms with Crippen LogP contribution in [-0.2, 0) is 10.1 Å². The summed E-state index contributed by atoms with van der Waals surface area (Å²) in [5.41, 5.74) is -1.86. The van der Waals surface area contributed by atoms with Gasteiger partial charge in [-0.2, -0.15) is 8.42 Å². The summed E-state index contributed by atoms with van der Waals surface area (Å²) in [5.74, 6) is 0. The van der Waals surface area contributed by atoms with Crippen LogP contribution in [0.4, 0.5) is 0 Å². The highest BCUT2D eigenvalue weighted by Crippen LogP contribution is 2.17. The molecule has 0 rings (SSSR count). The number of nitrogens with zero attached hydrogens (tertiary/aromatic N) is 2. The summed E-state index contributed by atoms with van der Waals surface area (Å²) in [6.45, 7) is 4.03. The molecule has 0 aliphatic carbocycles. The molecular formula is C7H8N2O7S. The van der Waals surface area contributed by atoms with Crippen molar-refractivity contribution in [2.45, 2.75) is 6.92 Å². The normalized spacial score (nSPS) is 13.3. The second-order valence-electron chi connectivity index (χ2n) is 2.66. The molecular weight excluding hydrogens is 256 g/mol. The van der Waals surface area contributed by atoms with Gasteiger partial charge in [0, 0.05) is 0 Å². The Morgan fingerprint density at radius 1 is 1.29 bits per heavy atom. The third-order valence-corrected chi connectivity index (χ3v) is 2.42. The van der Waals surface area contributed by atoms with Gasteiger partial charge < -0.3 is 0 Å². The summed E-state index contributed by atoms with van der Waals surface area (Å²) >= 11 is 0. The van der Waals surface area contributed by atoms with Crippen molar-refractivity contribution in [3.63, 3.8) is 0 Å². The predicted octanol–water partition coefficient (Wildman–Crippen LogP) is 0.729.